The zero-order valence-electron chi connectivity index (χ0n) is 20.1. The van der Waals surface area contributed by atoms with Crippen molar-refractivity contribution in [1.29, 1.82) is 0 Å². The van der Waals surface area contributed by atoms with E-state index >= 15 is 0 Å². The van der Waals surface area contributed by atoms with Crippen molar-refractivity contribution in [3.8, 4) is 0 Å². The molecule has 0 radical (unpaired) electrons. The third-order valence-corrected chi connectivity index (χ3v) is 5.39. The molecule has 1 heterocycles. The molecule has 17 heteroatoms. The third kappa shape index (κ3) is 12.1. The maximum absolute atomic E-state index is 13.0. The number of aliphatic carboxylic acids is 1. The number of aliphatic imine (C=N–C) groups is 1. The van der Waals surface area contributed by atoms with Gasteiger partial charge in [-0.05, 0) is 19.3 Å². The summed E-state index contributed by atoms with van der Waals surface area (Å²) in [5, 5.41) is 16.8. The molecule has 0 aliphatic carbocycles. The fraction of sp³-hybridized carbons (Fsp3) is 0.550. The molecule has 1 aromatic rings. The van der Waals surface area contributed by atoms with E-state index in [9.17, 15) is 29.1 Å². The van der Waals surface area contributed by atoms with Gasteiger partial charge in [0.05, 0.1) is 12.4 Å². The van der Waals surface area contributed by atoms with Crippen LogP contribution in [0.15, 0.2) is 17.5 Å². The summed E-state index contributed by atoms with van der Waals surface area (Å²) in [6, 6.07) is -4.77. The van der Waals surface area contributed by atoms with E-state index in [2.05, 4.69) is 43.5 Å². The van der Waals surface area contributed by atoms with Crippen LogP contribution >= 0.6 is 12.6 Å². The largest absolute Gasteiger partial charge is 0.480 e. The second-order valence-corrected chi connectivity index (χ2v) is 8.41. The molecule has 4 amide bonds. The predicted octanol–water partition coefficient (Wildman–Crippen LogP) is -3.93. The van der Waals surface area contributed by atoms with Crippen LogP contribution in [-0.2, 0) is 30.4 Å². The number of rotatable bonds is 17. The molecule has 13 N–H and O–H groups in total. The van der Waals surface area contributed by atoms with Crippen LogP contribution in [0.1, 0.15) is 31.4 Å². The van der Waals surface area contributed by atoms with Crippen LogP contribution in [0, 0.1) is 0 Å². The lowest BCUT2D eigenvalue weighted by molar-refractivity contribution is -0.142. The molecule has 0 saturated heterocycles. The molecule has 0 aliphatic heterocycles. The number of aromatic amines is 1. The van der Waals surface area contributed by atoms with Crippen LogP contribution in [0.4, 0.5) is 0 Å². The molecule has 0 aliphatic rings. The zero-order chi connectivity index (χ0) is 28.0. The molecule has 37 heavy (non-hydrogen) atoms. The Morgan fingerprint density at radius 1 is 1.00 bits per heavy atom. The number of nitrogens with zero attached hydrogens (tertiary/aromatic N) is 2. The molecular weight excluding hydrogens is 508 g/mol. The maximum atomic E-state index is 13.0. The highest BCUT2D eigenvalue weighted by Crippen LogP contribution is 2.04. The second-order valence-electron chi connectivity index (χ2n) is 8.05. The van der Waals surface area contributed by atoms with Crippen molar-refractivity contribution in [1.82, 2.24) is 25.9 Å². The maximum Gasteiger partial charge on any atom is 0.326 e. The van der Waals surface area contributed by atoms with Crippen LogP contribution in [0.5, 0.6) is 0 Å². The summed E-state index contributed by atoms with van der Waals surface area (Å²) in [4.78, 5) is 71.1. The SMILES string of the molecule is NC(=O)CCC(N)C(=O)NC(CCCN=C(N)N)C(=O)NC(CS)C(=O)NC(Cc1cnc[nH]1)C(=O)O. The number of carbonyl (C=O) groups is 5. The van der Waals surface area contributed by atoms with E-state index in [0.717, 1.165) is 0 Å². The van der Waals surface area contributed by atoms with E-state index in [0.29, 0.717) is 5.69 Å². The minimum absolute atomic E-state index is 0.0297. The minimum atomic E-state index is -1.30. The van der Waals surface area contributed by atoms with E-state index in [-0.39, 0.29) is 50.4 Å². The number of H-pyrrole nitrogens is 1. The highest BCUT2D eigenvalue weighted by molar-refractivity contribution is 7.80. The molecule has 206 valence electrons. The van der Waals surface area contributed by atoms with Gasteiger partial charge in [0.25, 0.3) is 0 Å². The number of carbonyl (C=O) groups excluding carboxylic acids is 4. The van der Waals surface area contributed by atoms with E-state index in [1.54, 1.807) is 0 Å². The fourth-order valence-corrected chi connectivity index (χ4v) is 3.29. The third-order valence-electron chi connectivity index (χ3n) is 5.03. The summed E-state index contributed by atoms with van der Waals surface area (Å²) in [5.74, 6) is -4.48. The summed E-state index contributed by atoms with van der Waals surface area (Å²) in [5.41, 5.74) is 21.9. The number of hydrogen-bond acceptors (Lipinski definition) is 9. The first-order valence-corrected chi connectivity index (χ1v) is 11.9. The number of primary amides is 1. The molecule has 0 fully saturated rings. The molecule has 0 aromatic carbocycles. The zero-order valence-corrected chi connectivity index (χ0v) is 20.9. The number of nitrogens with one attached hydrogen (secondary N) is 4. The van der Waals surface area contributed by atoms with Crippen molar-refractivity contribution in [2.45, 2.75) is 56.3 Å². The Hall–Kier alpha value is -3.86. The van der Waals surface area contributed by atoms with E-state index in [4.69, 9.17) is 22.9 Å². The number of aromatic nitrogens is 2. The lowest BCUT2D eigenvalue weighted by Gasteiger charge is -2.24. The topological polar surface area (TPSA) is 287 Å². The van der Waals surface area contributed by atoms with Crippen LogP contribution in [0.2, 0.25) is 0 Å². The van der Waals surface area contributed by atoms with Crippen molar-refractivity contribution < 1.29 is 29.1 Å². The summed E-state index contributed by atoms with van der Waals surface area (Å²) < 4.78 is 0. The number of amides is 4. The number of carboxylic acid groups (broad SMARTS) is 1. The molecule has 1 aromatic heterocycles. The van der Waals surface area contributed by atoms with Crippen molar-refractivity contribution in [3.63, 3.8) is 0 Å². The molecule has 0 spiro atoms. The van der Waals surface area contributed by atoms with Gasteiger partial charge in [-0.15, -0.1) is 0 Å². The Balaban J connectivity index is 2.88. The first-order valence-electron chi connectivity index (χ1n) is 11.3. The molecule has 0 bridgehead atoms. The van der Waals surface area contributed by atoms with E-state index in [1.807, 2.05) is 0 Å². The lowest BCUT2D eigenvalue weighted by Crippen LogP contribution is -2.57. The Bertz CT molecular complexity index is 953. The van der Waals surface area contributed by atoms with Gasteiger partial charge >= 0.3 is 5.97 Å². The molecule has 1 rings (SSSR count). The van der Waals surface area contributed by atoms with Gasteiger partial charge in [0.2, 0.25) is 23.6 Å². The quantitative estimate of drug-likeness (QED) is 0.0394. The lowest BCUT2D eigenvalue weighted by atomic mass is 10.1. The highest BCUT2D eigenvalue weighted by atomic mass is 32.1. The fourth-order valence-electron chi connectivity index (χ4n) is 3.04. The van der Waals surface area contributed by atoms with Crippen LogP contribution in [-0.4, -0.2) is 87.1 Å². The van der Waals surface area contributed by atoms with Gasteiger partial charge in [-0.1, -0.05) is 0 Å². The van der Waals surface area contributed by atoms with Crippen molar-refractivity contribution in [3.05, 3.63) is 18.2 Å². The van der Waals surface area contributed by atoms with Gasteiger partial charge in [0.15, 0.2) is 5.96 Å². The Labute approximate surface area is 218 Å². The number of imidazole rings is 1. The van der Waals surface area contributed by atoms with E-state index in [1.165, 1.54) is 12.5 Å². The monoisotopic (exact) mass is 542 g/mol. The number of carboxylic acids is 1. The number of thiol groups is 1. The standard InChI is InChI=1S/C20H34N10O6S/c21-11(3-4-15(22)31)16(32)28-12(2-1-5-26-20(23)24)17(33)30-14(8-37)18(34)29-13(19(35)36)6-10-7-25-9-27-10/h7,9,11-14,37H,1-6,8,21H2,(H2,22,31)(H,25,27)(H,28,32)(H,29,34)(H,30,33)(H,35,36)(H4,23,24,26). The van der Waals surface area contributed by atoms with Gasteiger partial charge in [-0.2, -0.15) is 12.6 Å². The van der Waals surface area contributed by atoms with Crippen LogP contribution in [0.25, 0.3) is 0 Å². The van der Waals surface area contributed by atoms with Crippen molar-refractivity contribution >= 4 is 48.2 Å². The highest BCUT2D eigenvalue weighted by Gasteiger charge is 2.30. The molecule has 4 atom stereocenters. The summed E-state index contributed by atoms with van der Waals surface area (Å²) in [6.45, 7) is 0.167. The van der Waals surface area contributed by atoms with Crippen molar-refractivity contribution in [2.75, 3.05) is 12.3 Å². The van der Waals surface area contributed by atoms with Gasteiger partial charge in [0.1, 0.15) is 18.1 Å². The second kappa shape index (κ2) is 16.0. The van der Waals surface area contributed by atoms with Crippen LogP contribution in [0.3, 0.4) is 0 Å². The smallest absolute Gasteiger partial charge is 0.326 e. The minimum Gasteiger partial charge on any atom is -0.480 e. The summed E-state index contributed by atoms with van der Waals surface area (Å²) in [6.07, 6.45) is 2.93. The predicted molar refractivity (Wildman–Crippen MR) is 136 cm³/mol. The molecule has 16 nitrogen and oxygen atoms in total. The van der Waals surface area contributed by atoms with Crippen LogP contribution < -0.4 is 38.9 Å². The average Bonchev–Trinajstić information content (AvgIpc) is 3.34. The number of guanidine groups is 1. The first-order chi connectivity index (χ1) is 17.4. The summed E-state index contributed by atoms with van der Waals surface area (Å²) in [7, 11) is 0. The molecule has 4 unspecified atom stereocenters. The Morgan fingerprint density at radius 2 is 1.62 bits per heavy atom. The number of nitrogens with two attached hydrogens (primary N) is 4. The average molecular weight is 543 g/mol. The first kappa shape index (κ1) is 31.2. The molecular formula is C20H34N10O6S. The van der Waals surface area contributed by atoms with Gasteiger partial charge in [0, 0.05) is 37.0 Å². The molecule has 0 saturated carbocycles. The summed E-state index contributed by atoms with van der Waals surface area (Å²) >= 11 is 4.08. The number of hydrogen-bond donors (Lipinski definition) is 10. The van der Waals surface area contributed by atoms with Gasteiger partial charge in [-0.3, -0.25) is 24.2 Å². The van der Waals surface area contributed by atoms with Gasteiger partial charge in [-0.25, -0.2) is 9.78 Å². The van der Waals surface area contributed by atoms with Gasteiger partial charge < -0.3 is 49.0 Å². The normalized spacial score (nSPS) is 13.9. The Morgan fingerprint density at radius 3 is 2.16 bits per heavy atom. The van der Waals surface area contributed by atoms with Crippen molar-refractivity contribution in [2.24, 2.45) is 27.9 Å². The Kier molecular flexibility index (Phi) is 13.5. The van der Waals surface area contributed by atoms with E-state index < -0.39 is 53.8 Å².